The summed E-state index contributed by atoms with van der Waals surface area (Å²) in [4.78, 5) is 18.3. The molecule has 0 bridgehead atoms. The lowest BCUT2D eigenvalue weighted by atomic mass is 9.99. The van der Waals surface area contributed by atoms with Gasteiger partial charge in [-0.25, -0.2) is 9.78 Å². The van der Waals surface area contributed by atoms with Crippen LogP contribution in [0.15, 0.2) is 5.38 Å². The van der Waals surface area contributed by atoms with Crippen molar-refractivity contribution in [2.75, 3.05) is 20.1 Å². The number of hydrogen-bond acceptors (Lipinski definition) is 3. The van der Waals surface area contributed by atoms with Crippen molar-refractivity contribution >= 4 is 17.4 Å². The number of likely N-dealkylation sites (tertiary alicyclic amines) is 1. The molecule has 1 aromatic rings. The quantitative estimate of drug-likeness (QED) is 0.895. The second-order valence-electron chi connectivity index (χ2n) is 5.11. The van der Waals surface area contributed by atoms with Crippen LogP contribution in [0.3, 0.4) is 0 Å². The van der Waals surface area contributed by atoms with Crippen LogP contribution in [0.5, 0.6) is 0 Å². The minimum atomic E-state index is 0.0281. The van der Waals surface area contributed by atoms with Crippen LogP contribution in [-0.4, -0.2) is 36.1 Å². The van der Waals surface area contributed by atoms with E-state index in [1.807, 2.05) is 4.90 Å². The molecule has 0 saturated carbocycles. The highest BCUT2D eigenvalue weighted by atomic mass is 32.1. The van der Waals surface area contributed by atoms with E-state index in [1.54, 1.807) is 18.4 Å². The summed E-state index contributed by atoms with van der Waals surface area (Å²) in [5.41, 5.74) is 1.17. The maximum atomic E-state index is 11.7. The van der Waals surface area contributed by atoms with Crippen LogP contribution in [-0.2, 0) is 0 Å². The minimum Gasteiger partial charge on any atom is -0.341 e. The van der Waals surface area contributed by atoms with Crippen LogP contribution >= 0.6 is 11.3 Å². The number of carbonyl (C=O) groups is 1. The third-order valence-corrected chi connectivity index (χ3v) is 4.43. The highest BCUT2D eigenvalue weighted by Crippen LogP contribution is 2.30. The Balaban J connectivity index is 2.05. The fourth-order valence-corrected chi connectivity index (χ4v) is 3.38. The first-order chi connectivity index (χ1) is 8.61. The second-order valence-corrected chi connectivity index (χ2v) is 6.00. The van der Waals surface area contributed by atoms with Gasteiger partial charge in [-0.1, -0.05) is 13.8 Å². The molecule has 1 aromatic heterocycles. The first-order valence-electron chi connectivity index (χ1n) is 6.53. The number of rotatable bonds is 2. The van der Waals surface area contributed by atoms with E-state index in [4.69, 9.17) is 4.98 Å². The van der Waals surface area contributed by atoms with Crippen LogP contribution in [0.1, 0.15) is 49.2 Å². The van der Waals surface area contributed by atoms with Crippen molar-refractivity contribution in [1.29, 1.82) is 0 Å². The molecule has 0 aliphatic carbocycles. The molecule has 0 radical (unpaired) electrons. The Labute approximate surface area is 112 Å². The summed E-state index contributed by atoms with van der Waals surface area (Å²) in [5.74, 6) is 0.891. The zero-order valence-corrected chi connectivity index (χ0v) is 12.1. The Bertz CT molecular complexity index is 416. The Morgan fingerprint density at radius 3 is 3.00 bits per heavy atom. The Hall–Kier alpha value is -1.10. The average molecular weight is 267 g/mol. The monoisotopic (exact) mass is 267 g/mol. The van der Waals surface area contributed by atoms with Crippen LogP contribution < -0.4 is 5.32 Å². The molecular weight excluding hydrogens is 246 g/mol. The van der Waals surface area contributed by atoms with Gasteiger partial charge in [-0.2, -0.15) is 0 Å². The van der Waals surface area contributed by atoms with E-state index in [2.05, 4.69) is 24.5 Å². The maximum absolute atomic E-state index is 11.7. The first-order valence-corrected chi connectivity index (χ1v) is 7.41. The molecule has 2 amide bonds. The lowest BCUT2D eigenvalue weighted by Crippen LogP contribution is -2.43. The van der Waals surface area contributed by atoms with Gasteiger partial charge in [-0.15, -0.1) is 11.3 Å². The molecule has 1 N–H and O–H groups in total. The van der Waals surface area contributed by atoms with E-state index in [1.165, 1.54) is 10.7 Å². The third-order valence-electron chi connectivity index (χ3n) is 3.40. The number of hydrogen-bond donors (Lipinski definition) is 1. The number of amides is 2. The summed E-state index contributed by atoms with van der Waals surface area (Å²) in [7, 11) is 1.69. The molecule has 2 heterocycles. The van der Waals surface area contributed by atoms with Gasteiger partial charge in [0.05, 0.1) is 10.7 Å². The Kier molecular flexibility index (Phi) is 4.22. The number of nitrogens with zero attached hydrogens (tertiary/aromatic N) is 2. The van der Waals surface area contributed by atoms with Gasteiger partial charge in [0.15, 0.2) is 0 Å². The van der Waals surface area contributed by atoms with Gasteiger partial charge in [0.1, 0.15) is 0 Å². The van der Waals surface area contributed by atoms with E-state index in [0.717, 1.165) is 25.9 Å². The number of aromatic nitrogens is 1. The molecule has 100 valence electrons. The first kappa shape index (κ1) is 13.3. The average Bonchev–Trinajstić information content (AvgIpc) is 2.88. The SMILES string of the molecule is CNC(=O)N1CCCC(c2nc(C(C)C)cs2)C1. The molecule has 1 saturated heterocycles. The lowest BCUT2D eigenvalue weighted by molar-refractivity contribution is 0.181. The zero-order chi connectivity index (χ0) is 13.1. The predicted octanol–water partition coefficient (Wildman–Crippen LogP) is 2.79. The van der Waals surface area contributed by atoms with E-state index in [0.29, 0.717) is 11.8 Å². The summed E-state index contributed by atoms with van der Waals surface area (Å²) >= 11 is 1.74. The number of carbonyl (C=O) groups excluding carboxylic acids is 1. The van der Waals surface area contributed by atoms with E-state index in [9.17, 15) is 4.79 Å². The fraction of sp³-hybridized carbons (Fsp3) is 0.692. The summed E-state index contributed by atoms with van der Waals surface area (Å²) in [6, 6.07) is 0.0281. The molecule has 0 spiro atoms. The second kappa shape index (κ2) is 5.69. The molecule has 0 aromatic carbocycles. The fourth-order valence-electron chi connectivity index (χ4n) is 2.27. The van der Waals surface area contributed by atoms with Crippen LogP contribution in [0, 0.1) is 0 Å². The molecule has 1 aliphatic rings. The molecule has 18 heavy (non-hydrogen) atoms. The lowest BCUT2D eigenvalue weighted by Gasteiger charge is -2.31. The molecule has 2 rings (SSSR count). The maximum Gasteiger partial charge on any atom is 0.317 e. The molecule has 1 unspecified atom stereocenters. The van der Waals surface area contributed by atoms with Crippen LogP contribution in [0.2, 0.25) is 0 Å². The van der Waals surface area contributed by atoms with Crippen molar-refractivity contribution < 1.29 is 4.79 Å². The summed E-state index contributed by atoms with van der Waals surface area (Å²) in [5, 5.41) is 6.04. The highest BCUT2D eigenvalue weighted by molar-refractivity contribution is 7.09. The van der Waals surface area contributed by atoms with E-state index < -0.39 is 0 Å². The normalized spacial score (nSPS) is 20.2. The van der Waals surface area contributed by atoms with Crippen molar-refractivity contribution in [3.8, 4) is 0 Å². The van der Waals surface area contributed by atoms with Crippen molar-refractivity contribution in [2.24, 2.45) is 0 Å². The topological polar surface area (TPSA) is 45.2 Å². The van der Waals surface area contributed by atoms with Gasteiger partial charge in [0.2, 0.25) is 0 Å². The van der Waals surface area contributed by atoms with Crippen molar-refractivity contribution in [3.05, 3.63) is 16.1 Å². The molecule has 4 nitrogen and oxygen atoms in total. The Morgan fingerprint density at radius 2 is 2.39 bits per heavy atom. The zero-order valence-electron chi connectivity index (χ0n) is 11.3. The van der Waals surface area contributed by atoms with Gasteiger partial charge in [0, 0.05) is 31.4 Å². The molecule has 1 aliphatic heterocycles. The van der Waals surface area contributed by atoms with Gasteiger partial charge >= 0.3 is 6.03 Å². The number of piperidine rings is 1. The standard InChI is InChI=1S/C13H21N3OS/c1-9(2)11-8-18-12(15-11)10-5-4-6-16(7-10)13(17)14-3/h8-10H,4-7H2,1-3H3,(H,14,17). The largest absolute Gasteiger partial charge is 0.341 e. The minimum absolute atomic E-state index is 0.0281. The summed E-state index contributed by atoms with van der Waals surface area (Å²) in [6.07, 6.45) is 2.20. The smallest absolute Gasteiger partial charge is 0.317 e. The van der Waals surface area contributed by atoms with Gasteiger partial charge < -0.3 is 10.2 Å². The highest BCUT2D eigenvalue weighted by Gasteiger charge is 2.26. The summed E-state index contributed by atoms with van der Waals surface area (Å²) < 4.78 is 0. The Morgan fingerprint density at radius 1 is 1.61 bits per heavy atom. The van der Waals surface area contributed by atoms with Gasteiger partial charge in [0.25, 0.3) is 0 Å². The van der Waals surface area contributed by atoms with E-state index >= 15 is 0 Å². The van der Waals surface area contributed by atoms with E-state index in [-0.39, 0.29) is 6.03 Å². The van der Waals surface area contributed by atoms with Crippen LogP contribution in [0.25, 0.3) is 0 Å². The summed E-state index contributed by atoms with van der Waals surface area (Å²) in [6.45, 7) is 5.98. The molecule has 1 atom stereocenters. The molecular formula is C13H21N3OS. The molecule has 1 fully saturated rings. The molecule has 5 heteroatoms. The van der Waals surface area contributed by atoms with Crippen molar-refractivity contribution in [3.63, 3.8) is 0 Å². The van der Waals surface area contributed by atoms with Gasteiger partial charge in [-0.05, 0) is 18.8 Å². The van der Waals surface area contributed by atoms with Crippen molar-refractivity contribution in [2.45, 2.75) is 38.5 Å². The number of nitrogens with one attached hydrogen (secondary N) is 1. The number of thiazole rings is 1. The van der Waals surface area contributed by atoms with Crippen molar-refractivity contribution in [1.82, 2.24) is 15.2 Å². The number of urea groups is 1. The third kappa shape index (κ3) is 2.83. The van der Waals surface area contributed by atoms with Gasteiger partial charge in [-0.3, -0.25) is 0 Å². The predicted molar refractivity (Wildman–Crippen MR) is 74.2 cm³/mol. The van der Waals surface area contributed by atoms with Crippen LogP contribution in [0.4, 0.5) is 4.79 Å².